The Hall–Kier alpha value is -1.12. The van der Waals surface area contributed by atoms with Crippen molar-refractivity contribution in [2.75, 3.05) is 6.54 Å². The molecule has 3 heteroatoms. The third-order valence-electron chi connectivity index (χ3n) is 3.74. The second-order valence-electron chi connectivity index (χ2n) is 4.89. The maximum Gasteiger partial charge on any atom is 0.233 e. The molecule has 1 saturated heterocycles. The van der Waals surface area contributed by atoms with E-state index in [1.807, 2.05) is 12.2 Å². The molecule has 0 bridgehead atoms. The minimum absolute atomic E-state index is 0.0405. The van der Waals surface area contributed by atoms with Crippen molar-refractivity contribution < 1.29 is 9.59 Å². The second-order valence-corrected chi connectivity index (χ2v) is 4.89. The molecule has 15 heavy (non-hydrogen) atoms. The molecule has 1 aliphatic heterocycles. The number of nitrogens with zero attached hydrogens (tertiary/aromatic N) is 1. The third-order valence-corrected chi connectivity index (χ3v) is 3.74. The van der Waals surface area contributed by atoms with Gasteiger partial charge in [-0.1, -0.05) is 12.2 Å². The van der Waals surface area contributed by atoms with E-state index in [1.54, 1.807) is 0 Å². The molecule has 3 nitrogen and oxygen atoms in total. The topological polar surface area (TPSA) is 37.4 Å². The zero-order valence-electron chi connectivity index (χ0n) is 8.69. The van der Waals surface area contributed by atoms with Crippen molar-refractivity contribution in [2.45, 2.75) is 25.7 Å². The Morgan fingerprint density at radius 2 is 1.60 bits per heavy atom. The van der Waals surface area contributed by atoms with E-state index >= 15 is 0 Å². The van der Waals surface area contributed by atoms with Crippen LogP contribution in [0.5, 0.6) is 0 Å². The molecular weight excluding hydrogens is 190 g/mol. The van der Waals surface area contributed by atoms with E-state index in [9.17, 15) is 9.59 Å². The van der Waals surface area contributed by atoms with Crippen molar-refractivity contribution in [3.05, 3.63) is 12.2 Å². The summed E-state index contributed by atoms with van der Waals surface area (Å²) in [6.07, 6.45) is 7.96. The van der Waals surface area contributed by atoms with Crippen molar-refractivity contribution in [3.8, 4) is 0 Å². The highest BCUT2D eigenvalue weighted by Crippen LogP contribution is 2.38. The Morgan fingerprint density at radius 1 is 1.07 bits per heavy atom. The molecule has 0 spiro atoms. The first kappa shape index (κ1) is 9.13. The van der Waals surface area contributed by atoms with Crippen LogP contribution >= 0.6 is 0 Å². The van der Waals surface area contributed by atoms with Crippen molar-refractivity contribution in [1.82, 2.24) is 4.90 Å². The first-order valence-electron chi connectivity index (χ1n) is 5.77. The molecule has 2 fully saturated rings. The first-order chi connectivity index (χ1) is 7.27. The van der Waals surface area contributed by atoms with Gasteiger partial charge in [0.1, 0.15) is 0 Å². The lowest BCUT2D eigenvalue weighted by atomic mass is 9.85. The van der Waals surface area contributed by atoms with Crippen molar-refractivity contribution in [2.24, 2.45) is 17.8 Å². The van der Waals surface area contributed by atoms with E-state index in [0.29, 0.717) is 12.5 Å². The lowest BCUT2D eigenvalue weighted by Crippen LogP contribution is -2.32. The predicted octanol–water partition coefficient (Wildman–Crippen LogP) is 1.35. The predicted molar refractivity (Wildman–Crippen MR) is 54.8 cm³/mol. The van der Waals surface area contributed by atoms with E-state index in [2.05, 4.69) is 0 Å². The van der Waals surface area contributed by atoms with Gasteiger partial charge in [-0.2, -0.15) is 0 Å². The summed E-state index contributed by atoms with van der Waals surface area (Å²) in [5.74, 6) is 0.691. The minimum atomic E-state index is -0.0405. The fourth-order valence-corrected chi connectivity index (χ4v) is 2.61. The summed E-state index contributed by atoms with van der Waals surface area (Å²) in [5.41, 5.74) is 0. The average Bonchev–Trinajstić information content (AvgIpc) is 3.04. The zero-order valence-corrected chi connectivity index (χ0v) is 8.69. The van der Waals surface area contributed by atoms with Crippen LogP contribution in [0.4, 0.5) is 0 Å². The summed E-state index contributed by atoms with van der Waals surface area (Å²) < 4.78 is 0. The molecule has 0 radical (unpaired) electrons. The summed E-state index contributed by atoms with van der Waals surface area (Å²) in [6.45, 7) is 0.685. The van der Waals surface area contributed by atoms with E-state index in [0.717, 1.165) is 12.8 Å². The lowest BCUT2D eigenvalue weighted by molar-refractivity contribution is -0.140. The molecule has 1 heterocycles. The summed E-state index contributed by atoms with van der Waals surface area (Å²) in [6, 6.07) is 0. The molecule has 3 rings (SSSR count). The number of hydrogen-bond acceptors (Lipinski definition) is 2. The monoisotopic (exact) mass is 205 g/mol. The van der Waals surface area contributed by atoms with Gasteiger partial charge in [0.2, 0.25) is 11.8 Å². The van der Waals surface area contributed by atoms with E-state index in [4.69, 9.17) is 0 Å². The van der Waals surface area contributed by atoms with E-state index < -0.39 is 0 Å². The standard InChI is InChI=1S/C12H15NO2/c14-11-9-3-1-2-4-10(9)12(15)13(11)7-8-5-6-8/h1-2,8-10H,3-7H2/t9-,10-/m0/s1. The zero-order chi connectivity index (χ0) is 10.4. The van der Waals surface area contributed by atoms with Gasteiger partial charge in [-0.15, -0.1) is 0 Å². The maximum absolute atomic E-state index is 12.0. The summed E-state index contributed by atoms with van der Waals surface area (Å²) in [4.78, 5) is 25.5. The molecule has 2 atom stereocenters. The minimum Gasteiger partial charge on any atom is -0.282 e. The SMILES string of the molecule is O=C1[C@H]2CC=CC[C@@H]2C(=O)N1CC1CC1. The number of amides is 2. The van der Waals surface area contributed by atoms with Gasteiger partial charge in [-0.25, -0.2) is 0 Å². The van der Waals surface area contributed by atoms with Crippen LogP contribution in [0.25, 0.3) is 0 Å². The van der Waals surface area contributed by atoms with Crippen LogP contribution in [-0.4, -0.2) is 23.3 Å². The number of fused-ring (bicyclic) bond motifs is 1. The van der Waals surface area contributed by atoms with Crippen molar-refractivity contribution in [1.29, 1.82) is 0 Å². The van der Waals surface area contributed by atoms with Crippen molar-refractivity contribution in [3.63, 3.8) is 0 Å². The van der Waals surface area contributed by atoms with Gasteiger partial charge in [-0.05, 0) is 31.6 Å². The Labute approximate surface area is 89.1 Å². The fourth-order valence-electron chi connectivity index (χ4n) is 2.61. The molecule has 0 unspecified atom stereocenters. The highest BCUT2D eigenvalue weighted by Gasteiger charge is 2.48. The normalized spacial score (nSPS) is 34.8. The van der Waals surface area contributed by atoms with Crippen LogP contribution in [0.2, 0.25) is 0 Å². The fraction of sp³-hybridized carbons (Fsp3) is 0.667. The summed E-state index contributed by atoms with van der Waals surface area (Å²) in [7, 11) is 0. The molecule has 2 amide bonds. The average molecular weight is 205 g/mol. The quantitative estimate of drug-likeness (QED) is 0.504. The number of rotatable bonds is 2. The highest BCUT2D eigenvalue weighted by atomic mass is 16.2. The van der Waals surface area contributed by atoms with Crippen LogP contribution in [0.15, 0.2) is 12.2 Å². The van der Waals surface area contributed by atoms with Crippen LogP contribution in [0.1, 0.15) is 25.7 Å². The molecular formula is C12H15NO2. The number of carbonyl (C=O) groups excluding carboxylic acids is 2. The maximum atomic E-state index is 12.0. The largest absolute Gasteiger partial charge is 0.282 e. The van der Waals surface area contributed by atoms with Gasteiger partial charge >= 0.3 is 0 Å². The molecule has 1 saturated carbocycles. The number of allylic oxidation sites excluding steroid dienone is 2. The van der Waals surface area contributed by atoms with Gasteiger partial charge in [-0.3, -0.25) is 14.5 Å². The molecule has 0 aromatic heterocycles. The Bertz CT molecular complexity index is 318. The molecule has 0 aromatic rings. The van der Waals surface area contributed by atoms with E-state index in [1.165, 1.54) is 17.7 Å². The van der Waals surface area contributed by atoms with Gasteiger partial charge in [0.15, 0.2) is 0 Å². The molecule has 0 aromatic carbocycles. The number of likely N-dealkylation sites (tertiary alicyclic amines) is 1. The van der Waals surface area contributed by atoms with Gasteiger partial charge < -0.3 is 0 Å². The Morgan fingerprint density at radius 3 is 2.07 bits per heavy atom. The highest BCUT2D eigenvalue weighted by molar-refractivity contribution is 6.05. The van der Waals surface area contributed by atoms with Gasteiger partial charge in [0, 0.05) is 6.54 Å². The lowest BCUT2D eigenvalue weighted by Gasteiger charge is -2.14. The van der Waals surface area contributed by atoms with Gasteiger partial charge in [0.25, 0.3) is 0 Å². The number of carbonyl (C=O) groups is 2. The van der Waals surface area contributed by atoms with Crippen LogP contribution in [-0.2, 0) is 9.59 Å². The Kier molecular flexibility index (Phi) is 1.94. The first-order valence-corrected chi connectivity index (χ1v) is 5.77. The Balaban J connectivity index is 1.80. The molecule has 80 valence electrons. The summed E-state index contributed by atoms with van der Waals surface area (Å²) >= 11 is 0. The summed E-state index contributed by atoms with van der Waals surface area (Å²) in [5, 5.41) is 0. The molecule has 2 aliphatic carbocycles. The second kappa shape index (κ2) is 3.19. The van der Waals surface area contributed by atoms with Crippen molar-refractivity contribution >= 4 is 11.8 Å². The van der Waals surface area contributed by atoms with Gasteiger partial charge in [0.05, 0.1) is 11.8 Å². The van der Waals surface area contributed by atoms with Crippen LogP contribution in [0.3, 0.4) is 0 Å². The molecule has 3 aliphatic rings. The van der Waals surface area contributed by atoms with Crippen LogP contribution in [0, 0.1) is 17.8 Å². The molecule has 0 N–H and O–H groups in total. The smallest absolute Gasteiger partial charge is 0.233 e. The number of hydrogen-bond donors (Lipinski definition) is 0. The van der Waals surface area contributed by atoms with Crippen LogP contribution < -0.4 is 0 Å². The van der Waals surface area contributed by atoms with E-state index in [-0.39, 0.29) is 23.7 Å². The third kappa shape index (κ3) is 1.41. The number of imide groups is 1.